The molecule has 1 fully saturated rings. The van der Waals surface area contributed by atoms with Gasteiger partial charge in [0.1, 0.15) is 5.82 Å². The molecule has 0 aliphatic carbocycles. The second kappa shape index (κ2) is 4.89. The van der Waals surface area contributed by atoms with Crippen LogP contribution in [0.3, 0.4) is 0 Å². The van der Waals surface area contributed by atoms with Crippen molar-refractivity contribution in [3.63, 3.8) is 0 Å². The second-order valence-electron chi connectivity index (χ2n) is 4.13. The number of methoxy groups -OCH3 is 1. The van der Waals surface area contributed by atoms with Crippen molar-refractivity contribution in [3.05, 3.63) is 17.3 Å². The van der Waals surface area contributed by atoms with Crippen molar-refractivity contribution in [3.8, 4) is 0 Å². The molecule has 1 aromatic rings. The maximum Gasteiger partial charge on any atom is 0.147 e. The Balaban J connectivity index is 2.08. The zero-order valence-electron chi connectivity index (χ0n) is 9.32. The first-order valence-electron chi connectivity index (χ1n) is 5.35. The lowest BCUT2D eigenvalue weighted by molar-refractivity contribution is 0.161. The smallest absolute Gasteiger partial charge is 0.147 e. The van der Waals surface area contributed by atoms with E-state index in [2.05, 4.69) is 9.88 Å². The SMILES string of the molecule is COCC1CCN(c2ncc(N)cc2Cl)C1. The van der Waals surface area contributed by atoms with Crippen LogP contribution >= 0.6 is 11.6 Å². The van der Waals surface area contributed by atoms with Crippen molar-refractivity contribution in [2.75, 3.05) is 37.4 Å². The molecule has 2 rings (SSSR count). The number of aromatic nitrogens is 1. The number of nitrogens with zero attached hydrogens (tertiary/aromatic N) is 2. The van der Waals surface area contributed by atoms with E-state index < -0.39 is 0 Å². The molecule has 5 heteroatoms. The van der Waals surface area contributed by atoms with Gasteiger partial charge in [0.05, 0.1) is 23.5 Å². The van der Waals surface area contributed by atoms with Crippen molar-refractivity contribution in [1.82, 2.24) is 4.98 Å². The van der Waals surface area contributed by atoms with Crippen LogP contribution in [-0.4, -0.2) is 31.8 Å². The number of nitrogens with two attached hydrogens (primary N) is 1. The number of hydrogen-bond acceptors (Lipinski definition) is 4. The third kappa shape index (κ3) is 2.39. The molecule has 0 saturated carbocycles. The van der Waals surface area contributed by atoms with Gasteiger partial charge in [-0.15, -0.1) is 0 Å². The number of hydrogen-bond donors (Lipinski definition) is 1. The van der Waals surface area contributed by atoms with Gasteiger partial charge in [-0.25, -0.2) is 4.98 Å². The van der Waals surface area contributed by atoms with Crippen molar-refractivity contribution in [2.24, 2.45) is 5.92 Å². The van der Waals surface area contributed by atoms with E-state index in [0.717, 1.165) is 31.9 Å². The molecule has 1 aliphatic heterocycles. The number of nitrogen functional groups attached to an aromatic ring is 1. The summed E-state index contributed by atoms with van der Waals surface area (Å²) >= 11 is 6.12. The summed E-state index contributed by atoms with van der Waals surface area (Å²) < 4.78 is 5.16. The topological polar surface area (TPSA) is 51.4 Å². The molecule has 1 aliphatic rings. The van der Waals surface area contributed by atoms with Crippen molar-refractivity contribution < 1.29 is 4.74 Å². The Morgan fingerprint density at radius 2 is 2.50 bits per heavy atom. The Hall–Kier alpha value is -1.00. The Morgan fingerprint density at radius 1 is 1.69 bits per heavy atom. The van der Waals surface area contributed by atoms with E-state index in [1.54, 1.807) is 19.4 Å². The molecule has 0 bridgehead atoms. The highest BCUT2D eigenvalue weighted by molar-refractivity contribution is 6.33. The first-order valence-corrected chi connectivity index (χ1v) is 5.73. The summed E-state index contributed by atoms with van der Waals surface area (Å²) in [4.78, 5) is 6.47. The quantitative estimate of drug-likeness (QED) is 0.877. The number of rotatable bonds is 3. The summed E-state index contributed by atoms with van der Waals surface area (Å²) in [6.45, 7) is 2.72. The van der Waals surface area contributed by atoms with E-state index >= 15 is 0 Å². The third-order valence-corrected chi connectivity index (χ3v) is 3.11. The molecular formula is C11H16ClN3O. The zero-order chi connectivity index (χ0) is 11.5. The minimum absolute atomic E-state index is 0.570. The Labute approximate surface area is 100 Å². The molecule has 2 heterocycles. The van der Waals surface area contributed by atoms with Gasteiger partial charge in [0.2, 0.25) is 0 Å². The molecule has 0 aromatic carbocycles. The maximum atomic E-state index is 6.12. The van der Waals surface area contributed by atoms with Crippen LogP contribution in [0.4, 0.5) is 11.5 Å². The largest absolute Gasteiger partial charge is 0.397 e. The number of pyridine rings is 1. The monoisotopic (exact) mass is 241 g/mol. The Kier molecular flexibility index (Phi) is 3.51. The fraction of sp³-hybridized carbons (Fsp3) is 0.545. The van der Waals surface area contributed by atoms with Crippen LogP contribution in [0.5, 0.6) is 0 Å². The van der Waals surface area contributed by atoms with Gasteiger partial charge in [0, 0.05) is 26.1 Å². The van der Waals surface area contributed by atoms with Crippen LogP contribution in [0.15, 0.2) is 12.3 Å². The minimum atomic E-state index is 0.570. The molecule has 4 nitrogen and oxygen atoms in total. The highest BCUT2D eigenvalue weighted by atomic mass is 35.5. The van der Waals surface area contributed by atoms with Crippen LogP contribution < -0.4 is 10.6 Å². The van der Waals surface area contributed by atoms with Crippen LogP contribution in [0.25, 0.3) is 0 Å². The first kappa shape index (κ1) is 11.5. The Bertz CT molecular complexity index is 372. The number of anilines is 2. The van der Waals surface area contributed by atoms with Crippen molar-refractivity contribution >= 4 is 23.1 Å². The first-order chi connectivity index (χ1) is 7.70. The summed E-state index contributed by atoms with van der Waals surface area (Å²) in [5, 5.41) is 0.623. The van der Waals surface area contributed by atoms with Crippen LogP contribution in [0.1, 0.15) is 6.42 Å². The van der Waals surface area contributed by atoms with Crippen LogP contribution in [0, 0.1) is 5.92 Å². The number of halogens is 1. The third-order valence-electron chi connectivity index (χ3n) is 2.83. The molecule has 1 unspecified atom stereocenters. The summed E-state index contributed by atoms with van der Waals surface area (Å²) in [5.74, 6) is 1.40. The minimum Gasteiger partial charge on any atom is -0.397 e. The summed E-state index contributed by atoms with van der Waals surface area (Å²) in [5.41, 5.74) is 6.21. The van der Waals surface area contributed by atoms with Crippen molar-refractivity contribution in [1.29, 1.82) is 0 Å². The van der Waals surface area contributed by atoms with Gasteiger partial charge in [0.15, 0.2) is 0 Å². The van der Waals surface area contributed by atoms with Gasteiger partial charge >= 0.3 is 0 Å². The molecule has 0 radical (unpaired) electrons. The van der Waals surface area contributed by atoms with Gasteiger partial charge < -0.3 is 15.4 Å². The van der Waals surface area contributed by atoms with Gasteiger partial charge in [0.25, 0.3) is 0 Å². The van der Waals surface area contributed by atoms with Crippen molar-refractivity contribution in [2.45, 2.75) is 6.42 Å². The molecule has 1 saturated heterocycles. The lowest BCUT2D eigenvalue weighted by Crippen LogP contribution is -2.22. The fourth-order valence-electron chi connectivity index (χ4n) is 2.07. The lowest BCUT2D eigenvalue weighted by atomic mass is 10.1. The Morgan fingerprint density at radius 3 is 3.19 bits per heavy atom. The molecular weight excluding hydrogens is 226 g/mol. The molecule has 1 aromatic heterocycles. The molecule has 88 valence electrons. The van der Waals surface area contributed by atoms with E-state index in [9.17, 15) is 0 Å². The van der Waals surface area contributed by atoms with Crippen LogP contribution in [0.2, 0.25) is 5.02 Å². The van der Waals surface area contributed by atoms with Gasteiger partial charge in [-0.1, -0.05) is 11.6 Å². The average Bonchev–Trinajstić information content (AvgIpc) is 2.67. The highest BCUT2D eigenvalue weighted by Gasteiger charge is 2.24. The maximum absolute atomic E-state index is 6.12. The zero-order valence-corrected chi connectivity index (χ0v) is 10.1. The fourth-order valence-corrected chi connectivity index (χ4v) is 2.37. The van der Waals surface area contributed by atoms with Gasteiger partial charge in [-0.05, 0) is 12.5 Å². The predicted molar refractivity (Wildman–Crippen MR) is 65.9 cm³/mol. The van der Waals surface area contributed by atoms with E-state index in [1.165, 1.54) is 0 Å². The van der Waals surface area contributed by atoms with Crippen LogP contribution in [-0.2, 0) is 4.74 Å². The molecule has 0 spiro atoms. The lowest BCUT2D eigenvalue weighted by Gasteiger charge is -2.18. The molecule has 0 amide bonds. The normalized spacial score (nSPS) is 20.4. The summed E-state index contributed by atoms with van der Waals surface area (Å²) in [6, 6.07) is 1.74. The number of ether oxygens (including phenoxy) is 1. The summed E-state index contributed by atoms with van der Waals surface area (Å²) in [6.07, 6.45) is 2.76. The van der Waals surface area contributed by atoms with Gasteiger partial charge in [-0.3, -0.25) is 0 Å². The predicted octanol–water partition coefficient (Wildman–Crippen LogP) is 1.79. The van der Waals surface area contributed by atoms with E-state index in [1.807, 2.05) is 0 Å². The second-order valence-corrected chi connectivity index (χ2v) is 4.54. The molecule has 1 atom stereocenters. The van der Waals surface area contributed by atoms with Gasteiger partial charge in [-0.2, -0.15) is 0 Å². The van der Waals surface area contributed by atoms with E-state index in [0.29, 0.717) is 16.6 Å². The standard InChI is InChI=1S/C11H16ClN3O/c1-16-7-8-2-3-15(6-8)11-10(12)4-9(13)5-14-11/h4-5,8H,2-3,6-7,13H2,1H3. The van der Waals surface area contributed by atoms with E-state index in [4.69, 9.17) is 22.1 Å². The summed E-state index contributed by atoms with van der Waals surface area (Å²) in [7, 11) is 1.73. The van der Waals surface area contributed by atoms with E-state index in [-0.39, 0.29) is 0 Å². The molecule has 2 N–H and O–H groups in total. The average molecular weight is 242 g/mol. The molecule has 16 heavy (non-hydrogen) atoms. The highest BCUT2D eigenvalue weighted by Crippen LogP contribution is 2.29.